The molecule has 4 heteroatoms. The number of aliphatic hydroxyl groups excluding tert-OH is 1. The molecule has 0 aliphatic carbocycles. The van der Waals surface area contributed by atoms with Crippen molar-refractivity contribution in [1.82, 2.24) is 5.32 Å². The number of aliphatic hydroxyl groups is 1. The predicted molar refractivity (Wildman–Crippen MR) is 67.6 cm³/mol. The summed E-state index contributed by atoms with van der Waals surface area (Å²) >= 11 is 1.63. The molecule has 0 spiro atoms. The lowest BCUT2D eigenvalue weighted by atomic mass is 10.2. The Morgan fingerprint density at radius 1 is 1.38 bits per heavy atom. The van der Waals surface area contributed by atoms with Crippen LogP contribution in [-0.2, 0) is 4.74 Å². The summed E-state index contributed by atoms with van der Waals surface area (Å²) in [5.41, 5.74) is -0.00856. The van der Waals surface area contributed by atoms with Crippen molar-refractivity contribution in [2.45, 2.75) is 22.9 Å². The molecule has 3 nitrogen and oxygen atoms in total. The average molecular weight is 241 g/mol. The third-order valence-corrected chi connectivity index (χ3v) is 3.37. The maximum Gasteiger partial charge on any atom is 0.109 e. The van der Waals surface area contributed by atoms with Crippen LogP contribution in [0.5, 0.6) is 0 Å². The summed E-state index contributed by atoms with van der Waals surface area (Å²) in [7, 11) is 3.50. The summed E-state index contributed by atoms with van der Waals surface area (Å²) in [6.45, 7) is 0.592. The largest absolute Gasteiger partial charge is 0.392 e. The molecule has 0 aliphatic rings. The van der Waals surface area contributed by atoms with E-state index in [9.17, 15) is 5.11 Å². The summed E-state index contributed by atoms with van der Waals surface area (Å²) in [5, 5.41) is 12.6. The smallest absolute Gasteiger partial charge is 0.109 e. The second-order valence-electron chi connectivity index (χ2n) is 3.54. The number of likely N-dealkylation sites (N-methyl/N-ethyl adjacent to an activating group) is 1. The van der Waals surface area contributed by atoms with Crippen LogP contribution in [0.25, 0.3) is 0 Å². The van der Waals surface area contributed by atoms with Gasteiger partial charge in [-0.3, -0.25) is 0 Å². The molecule has 1 aromatic carbocycles. The van der Waals surface area contributed by atoms with E-state index in [2.05, 4.69) is 5.32 Å². The van der Waals surface area contributed by atoms with E-state index in [4.69, 9.17) is 4.74 Å². The Bertz CT molecular complexity index is 282. The molecule has 0 saturated carbocycles. The van der Waals surface area contributed by atoms with Crippen molar-refractivity contribution in [2.75, 3.05) is 20.7 Å². The minimum absolute atomic E-state index is 0.00856. The van der Waals surface area contributed by atoms with Crippen LogP contribution in [0.15, 0.2) is 35.2 Å². The average Bonchev–Trinajstić information content (AvgIpc) is 2.30. The highest BCUT2D eigenvalue weighted by Gasteiger charge is 2.14. The summed E-state index contributed by atoms with van der Waals surface area (Å²) in [6.07, 6.45) is 0.253. The van der Waals surface area contributed by atoms with Crippen molar-refractivity contribution in [3.05, 3.63) is 30.3 Å². The molecule has 0 saturated heterocycles. The number of benzene rings is 1. The monoisotopic (exact) mass is 241 g/mol. The Morgan fingerprint density at radius 2 is 2.06 bits per heavy atom. The molecule has 1 rings (SSSR count). The first-order chi connectivity index (χ1) is 7.76. The van der Waals surface area contributed by atoms with Gasteiger partial charge in [0.2, 0.25) is 0 Å². The highest BCUT2D eigenvalue weighted by Crippen LogP contribution is 2.26. The van der Waals surface area contributed by atoms with Crippen molar-refractivity contribution < 1.29 is 9.84 Å². The molecule has 16 heavy (non-hydrogen) atoms. The van der Waals surface area contributed by atoms with E-state index in [1.54, 1.807) is 18.9 Å². The fourth-order valence-corrected chi connectivity index (χ4v) is 2.42. The first kappa shape index (κ1) is 13.5. The molecule has 90 valence electrons. The normalized spacial score (nSPS) is 14.7. The molecular weight excluding hydrogens is 222 g/mol. The van der Waals surface area contributed by atoms with Crippen molar-refractivity contribution in [3.8, 4) is 0 Å². The number of ether oxygens (including phenoxy) is 1. The highest BCUT2D eigenvalue weighted by atomic mass is 32.2. The van der Waals surface area contributed by atoms with Gasteiger partial charge in [-0.05, 0) is 19.2 Å². The van der Waals surface area contributed by atoms with Gasteiger partial charge in [-0.25, -0.2) is 0 Å². The Kier molecular flexibility index (Phi) is 6.49. The van der Waals surface area contributed by atoms with E-state index < -0.39 is 0 Å². The standard InChI is InChI=1S/C12H19NO2S/c1-13-9-10(14)8-12(15-2)16-11-6-4-3-5-7-11/h3-7,10,12-14H,8-9H2,1-2H3. The molecule has 0 radical (unpaired) electrons. The number of thioether (sulfide) groups is 1. The third-order valence-electron chi connectivity index (χ3n) is 2.18. The Labute approximate surface area is 101 Å². The highest BCUT2D eigenvalue weighted by molar-refractivity contribution is 7.99. The summed E-state index contributed by atoms with van der Waals surface area (Å²) in [6, 6.07) is 10.1. The molecule has 0 aromatic heterocycles. The Hall–Kier alpha value is -0.550. The van der Waals surface area contributed by atoms with E-state index in [1.807, 2.05) is 37.4 Å². The Morgan fingerprint density at radius 3 is 2.62 bits per heavy atom. The Balaban J connectivity index is 2.43. The van der Waals surface area contributed by atoms with Crippen molar-refractivity contribution >= 4 is 11.8 Å². The lowest BCUT2D eigenvalue weighted by Crippen LogP contribution is -2.27. The zero-order valence-corrected chi connectivity index (χ0v) is 10.5. The van der Waals surface area contributed by atoms with E-state index >= 15 is 0 Å². The zero-order chi connectivity index (χ0) is 11.8. The van der Waals surface area contributed by atoms with Crippen LogP contribution in [-0.4, -0.2) is 37.3 Å². The van der Waals surface area contributed by atoms with Crippen LogP contribution in [0, 0.1) is 0 Å². The van der Waals surface area contributed by atoms with Crippen LogP contribution in [0.1, 0.15) is 6.42 Å². The SMILES string of the molecule is CNCC(O)CC(OC)Sc1ccccc1. The van der Waals surface area contributed by atoms with E-state index in [-0.39, 0.29) is 11.5 Å². The van der Waals surface area contributed by atoms with Crippen LogP contribution < -0.4 is 5.32 Å². The fraction of sp³-hybridized carbons (Fsp3) is 0.500. The summed E-state index contributed by atoms with van der Waals surface area (Å²) in [5.74, 6) is 0. The van der Waals surface area contributed by atoms with E-state index in [0.717, 1.165) is 4.90 Å². The van der Waals surface area contributed by atoms with Gasteiger partial charge >= 0.3 is 0 Å². The van der Waals surface area contributed by atoms with Crippen molar-refractivity contribution in [2.24, 2.45) is 0 Å². The lowest BCUT2D eigenvalue weighted by molar-refractivity contribution is 0.0934. The number of nitrogens with one attached hydrogen (secondary N) is 1. The van der Waals surface area contributed by atoms with Gasteiger partial charge in [0.05, 0.1) is 6.10 Å². The molecule has 0 amide bonds. The number of hydrogen-bond acceptors (Lipinski definition) is 4. The third kappa shape index (κ3) is 4.99. The number of hydrogen-bond donors (Lipinski definition) is 2. The lowest BCUT2D eigenvalue weighted by Gasteiger charge is -2.18. The molecule has 2 unspecified atom stereocenters. The first-order valence-corrected chi connectivity index (χ1v) is 6.21. The van der Waals surface area contributed by atoms with Crippen LogP contribution in [0.2, 0.25) is 0 Å². The quantitative estimate of drug-likeness (QED) is 0.563. The van der Waals surface area contributed by atoms with Crippen LogP contribution in [0.4, 0.5) is 0 Å². The van der Waals surface area contributed by atoms with Crippen LogP contribution >= 0.6 is 11.8 Å². The molecule has 1 aromatic rings. The summed E-state index contributed by atoms with van der Waals surface area (Å²) < 4.78 is 5.35. The maximum absolute atomic E-state index is 9.67. The van der Waals surface area contributed by atoms with Gasteiger partial charge in [0.15, 0.2) is 0 Å². The van der Waals surface area contributed by atoms with E-state index in [0.29, 0.717) is 13.0 Å². The minimum atomic E-state index is -0.369. The topological polar surface area (TPSA) is 41.5 Å². The molecule has 0 heterocycles. The maximum atomic E-state index is 9.67. The summed E-state index contributed by atoms with van der Waals surface area (Å²) in [4.78, 5) is 1.16. The predicted octanol–water partition coefficient (Wildman–Crippen LogP) is 1.72. The van der Waals surface area contributed by atoms with Gasteiger partial charge in [-0.2, -0.15) is 0 Å². The molecule has 2 atom stereocenters. The van der Waals surface area contributed by atoms with Gasteiger partial charge in [-0.1, -0.05) is 30.0 Å². The molecule has 2 N–H and O–H groups in total. The van der Waals surface area contributed by atoms with Gasteiger partial charge in [0.1, 0.15) is 5.44 Å². The molecule has 0 fully saturated rings. The molecule has 0 aliphatic heterocycles. The van der Waals surface area contributed by atoms with Gasteiger partial charge in [0.25, 0.3) is 0 Å². The molecule has 0 bridgehead atoms. The fourth-order valence-electron chi connectivity index (χ4n) is 1.38. The molecular formula is C12H19NO2S. The number of methoxy groups -OCH3 is 1. The van der Waals surface area contributed by atoms with Crippen molar-refractivity contribution in [3.63, 3.8) is 0 Å². The van der Waals surface area contributed by atoms with E-state index in [1.165, 1.54) is 0 Å². The number of rotatable bonds is 7. The van der Waals surface area contributed by atoms with Crippen LogP contribution in [0.3, 0.4) is 0 Å². The zero-order valence-electron chi connectivity index (χ0n) is 9.72. The second-order valence-corrected chi connectivity index (χ2v) is 4.78. The van der Waals surface area contributed by atoms with Gasteiger partial charge in [-0.15, -0.1) is 0 Å². The van der Waals surface area contributed by atoms with Crippen molar-refractivity contribution in [1.29, 1.82) is 0 Å². The van der Waals surface area contributed by atoms with Gasteiger partial charge < -0.3 is 15.2 Å². The second kappa shape index (κ2) is 7.68. The first-order valence-electron chi connectivity index (χ1n) is 5.33. The van der Waals surface area contributed by atoms with Gasteiger partial charge in [0, 0.05) is 25.0 Å². The minimum Gasteiger partial charge on any atom is -0.392 e.